The van der Waals surface area contributed by atoms with Crippen LogP contribution in [0.25, 0.3) is 0 Å². The number of nitrogens with zero attached hydrogens (tertiary/aromatic N) is 1. The Morgan fingerprint density at radius 3 is 2.69 bits per heavy atom. The van der Waals surface area contributed by atoms with Crippen LogP contribution in [0.3, 0.4) is 0 Å². The van der Waals surface area contributed by atoms with Gasteiger partial charge in [-0.05, 0) is 12.5 Å². The Morgan fingerprint density at radius 1 is 1.44 bits per heavy atom. The molecule has 2 N–H and O–H groups in total. The largest absolute Gasteiger partial charge is 0.504 e. The molecule has 0 saturated carbocycles. The van der Waals surface area contributed by atoms with Gasteiger partial charge in [0, 0.05) is 6.07 Å². The van der Waals surface area contributed by atoms with Crippen LogP contribution in [-0.2, 0) is 0 Å². The molecule has 0 radical (unpaired) electrons. The summed E-state index contributed by atoms with van der Waals surface area (Å²) in [5, 5.41) is 29.3. The number of hydrogen-bond acceptors (Lipinski definition) is 5. The maximum atomic E-state index is 10.7. The van der Waals surface area contributed by atoms with Crippen LogP contribution in [0.1, 0.15) is 19.8 Å². The van der Waals surface area contributed by atoms with Crippen LogP contribution >= 0.6 is 0 Å². The normalized spacial score (nSPS) is 10.1. The Hall–Kier alpha value is -1.98. The number of phenolic OH excluding ortho intramolecular Hbond substituents is 2. The topological polar surface area (TPSA) is 92.8 Å². The van der Waals surface area contributed by atoms with Crippen molar-refractivity contribution in [2.45, 2.75) is 19.8 Å². The minimum atomic E-state index is -0.666. The van der Waals surface area contributed by atoms with E-state index in [4.69, 9.17) is 4.74 Å². The lowest BCUT2D eigenvalue weighted by molar-refractivity contribution is -0.386. The van der Waals surface area contributed by atoms with Crippen LogP contribution in [-0.4, -0.2) is 21.7 Å². The second kappa shape index (κ2) is 5.20. The Labute approximate surface area is 92.2 Å². The summed E-state index contributed by atoms with van der Waals surface area (Å²) in [4.78, 5) is 9.98. The smallest absolute Gasteiger partial charge is 0.315 e. The Bertz CT molecular complexity index is 391. The van der Waals surface area contributed by atoms with Gasteiger partial charge in [-0.1, -0.05) is 13.3 Å². The first-order chi connectivity index (χ1) is 7.57. The van der Waals surface area contributed by atoms with Gasteiger partial charge in [0.2, 0.25) is 11.5 Å². The number of aromatic hydroxyl groups is 2. The summed E-state index contributed by atoms with van der Waals surface area (Å²) in [6.45, 7) is 2.20. The molecule has 0 aliphatic heterocycles. The van der Waals surface area contributed by atoms with Crippen LogP contribution in [0.15, 0.2) is 12.1 Å². The van der Waals surface area contributed by atoms with E-state index < -0.39 is 16.4 Å². The molecule has 0 aromatic heterocycles. The van der Waals surface area contributed by atoms with Crippen molar-refractivity contribution in [3.05, 3.63) is 22.2 Å². The first kappa shape index (κ1) is 12.1. The van der Waals surface area contributed by atoms with E-state index >= 15 is 0 Å². The fourth-order valence-electron chi connectivity index (χ4n) is 1.15. The zero-order valence-corrected chi connectivity index (χ0v) is 8.84. The maximum absolute atomic E-state index is 10.7. The highest BCUT2D eigenvalue weighted by molar-refractivity contribution is 5.61. The third-order valence-corrected chi connectivity index (χ3v) is 2.03. The monoisotopic (exact) mass is 227 g/mol. The minimum Gasteiger partial charge on any atom is -0.504 e. The summed E-state index contributed by atoms with van der Waals surface area (Å²) in [5.74, 6) is -1.30. The van der Waals surface area contributed by atoms with Gasteiger partial charge < -0.3 is 14.9 Å². The standard InChI is InChI=1S/C10H13NO5/c1-2-3-6-16-10-7(11(14)15)4-5-8(12)9(10)13/h4-5,12-13H,2-3,6H2,1H3. The van der Waals surface area contributed by atoms with E-state index in [0.717, 1.165) is 18.6 Å². The molecule has 0 aliphatic carbocycles. The fourth-order valence-corrected chi connectivity index (χ4v) is 1.15. The lowest BCUT2D eigenvalue weighted by Gasteiger charge is -2.08. The number of rotatable bonds is 5. The molecule has 0 heterocycles. The molecule has 0 unspecified atom stereocenters. The van der Waals surface area contributed by atoms with E-state index in [-0.39, 0.29) is 18.0 Å². The van der Waals surface area contributed by atoms with Crippen molar-refractivity contribution in [3.63, 3.8) is 0 Å². The van der Waals surface area contributed by atoms with Crippen molar-refractivity contribution < 1.29 is 19.9 Å². The lowest BCUT2D eigenvalue weighted by Crippen LogP contribution is -2.00. The maximum Gasteiger partial charge on any atom is 0.315 e. The second-order valence-corrected chi connectivity index (χ2v) is 3.24. The van der Waals surface area contributed by atoms with Gasteiger partial charge in [0.1, 0.15) is 0 Å². The van der Waals surface area contributed by atoms with Gasteiger partial charge in [-0.3, -0.25) is 10.1 Å². The number of hydrogen-bond donors (Lipinski definition) is 2. The van der Waals surface area contributed by atoms with E-state index in [0.29, 0.717) is 6.42 Å². The molecule has 88 valence electrons. The first-order valence-corrected chi connectivity index (χ1v) is 4.90. The Balaban J connectivity index is 3.01. The zero-order chi connectivity index (χ0) is 12.1. The van der Waals surface area contributed by atoms with Crippen LogP contribution in [0.5, 0.6) is 17.2 Å². The van der Waals surface area contributed by atoms with Crippen LogP contribution in [0, 0.1) is 10.1 Å². The third kappa shape index (κ3) is 2.53. The molecule has 1 aromatic rings. The van der Waals surface area contributed by atoms with Crippen molar-refractivity contribution in [3.8, 4) is 17.2 Å². The van der Waals surface area contributed by atoms with Crippen molar-refractivity contribution in [2.24, 2.45) is 0 Å². The molecule has 0 aliphatic rings. The number of nitro groups is 1. The third-order valence-electron chi connectivity index (χ3n) is 2.03. The van der Waals surface area contributed by atoms with Gasteiger partial charge in [0.05, 0.1) is 11.5 Å². The van der Waals surface area contributed by atoms with Crippen molar-refractivity contribution in [2.75, 3.05) is 6.61 Å². The fraction of sp³-hybridized carbons (Fsp3) is 0.400. The van der Waals surface area contributed by atoms with Crippen molar-refractivity contribution in [1.29, 1.82) is 0 Å². The summed E-state index contributed by atoms with van der Waals surface area (Å²) in [5.41, 5.74) is -0.355. The number of benzene rings is 1. The molecule has 1 aromatic carbocycles. The first-order valence-electron chi connectivity index (χ1n) is 4.90. The predicted molar refractivity (Wildman–Crippen MR) is 56.8 cm³/mol. The van der Waals surface area contributed by atoms with Gasteiger partial charge in [0.15, 0.2) is 5.75 Å². The van der Waals surface area contributed by atoms with Crippen molar-refractivity contribution in [1.82, 2.24) is 0 Å². The summed E-state index contributed by atoms with van der Waals surface area (Å²) < 4.78 is 5.10. The molecule has 1 rings (SSSR count). The molecule has 0 spiro atoms. The molecular weight excluding hydrogens is 214 g/mol. The highest BCUT2D eigenvalue weighted by atomic mass is 16.6. The van der Waals surface area contributed by atoms with Gasteiger partial charge >= 0.3 is 5.69 Å². The molecule has 0 saturated heterocycles. The summed E-state index contributed by atoms with van der Waals surface area (Å²) >= 11 is 0. The number of phenols is 2. The highest BCUT2D eigenvalue weighted by Crippen LogP contribution is 2.42. The number of nitro benzene ring substituents is 1. The summed E-state index contributed by atoms with van der Waals surface area (Å²) in [6.07, 6.45) is 1.58. The van der Waals surface area contributed by atoms with E-state index in [1.165, 1.54) is 0 Å². The summed E-state index contributed by atoms with van der Waals surface area (Å²) in [7, 11) is 0. The van der Waals surface area contributed by atoms with Gasteiger partial charge in [-0.25, -0.2) is 0 Å². The van der Waals surface area contributed by atoms with Gasteiger partial charge in [-0.15, -0.1) is 0 Å². The van der Waals surface area contributed by atoms with Crippen LogP contribution in [0.2, 0.25) is 0 Å². The molecule has 0 fully saturated rings. The van der Waals surface area contributed by atoms with Crippen molar-refractivity contribution >= 4 is 5.69 Å². The highest BCUT2D eigenvalue weighted by Gasteiger charge is 2.22. The van der Waals surface area contributed by atoms with E-state index in [1.807, 2.05) is 6.92 Å². The van der Waals surface area contributed by atoms with Crippen LogP contribution < -0.4 is 4.74 Å². The SMILES string of the molecule is CCCCOc1c([N+](=O)[O-])ccc(O)c1O. The Kier molecular flexibility index (Phi) is 3.93. The summed E-state index contributed by atoms with van der Waals surface area (Å²) in [6, 6.07) is 2.15. The molecule has 16 heavy (non-hydrogen) atoms. The molecular formula is C10H13NO5. The predicted octanol–water partition coefficient (Wildman–Crippen LogP) is 2.18. The number of ether oxygens (including phenoxy) is 1. The quantitative estimate of drug-likeness (QED) is 0.348. The lowest BCUT2D eigenvalue weighted by atomic mass is 10.2. The van der Waals surface area contributed by atoms with E-state index in [2.05, 4.69) is 0 Å². The molecule has 0 atom stereocenters. The molecule has 6 nitrogen and oxygen atoms in total. The average Bonchev–Trinajstić information content (AvgIpc) is 2.24. The van der Waals surface area contributed by atoms with Gasteiger partial charge in [-0.2, -0.15) is 0 Å². The molecule has 0 amide bonds. The molecule has 6 heteroatoms. The zero-order valence-electron chi connectivity index (χ0n) is 8.84. The molecule has 0 bridgehead atoms. The minimum absolute atomic E-state index is 0.258. The van der Waals surface area contributed by atoms with E-state index in [1.54, 1.807) is 0 Å². The number of unbranched alkanes of at least 4 members (excludes halogenated alkanes) is 1. The van der Waals surface area contributed by atoms with E-state index in [9.17, 15) is 20.3 Å². The van der Waals surface area contributed by atoms with Crippen LogP contribution in [0.4, 0.5) is 5.69 Å². The van der Waals surface area contributed by atoms with Gasteiger partial charge in [0.25, 0.3) is 0 Å². The Morgan fingerprint density at radius 2 is 2.12 bits per heavy atom. The second-order valence-electron chi connectivity index (χ2n) is 3.24. The average molecular weight is 227 g/mol.